The highest BCUT2D eigenvalue weighted by molar-refractivity contribution is 7.92. The fourth-order valence-corrected chi connectivity index (χ4v) is 1.22. The summed E-state index contributed by atoms with van der Waals surface area (Å²) in [4.78, 5) is 3.81. The van der Waals surface area contributed by atoms with Crippen molar-refractivity contribution in [2.45, 2.75) is 0 Å². The van der Waals surface area contributed by atoms with Crippen molar-refractivity contribution in [2.75, 3.05) is 17.6 Å². The molecule has 0 unspecified atom stereocenters. The summed E-state index contributed by atoms with van der Waals surface area (Å²) >= 11 is 0. The minimum Gasteiger partial charge on any atom is -0.272 e. The lowest BCUT2D eigenvalue weighted by molar-refractivity contribution is 0.600. The Labute approximate surface area is 71.9 Å². The first kappa shape index (κ1) is 8.99. The molecule has 0 amide bonds. The van der Waals surface area contributed by atoms with Gasteiger partial charge in [-0.05, 0) is 12.1 Å². The highest BCUT2D eigenvalue weighted by atomic mass is 32.2. The second kappa shape index (κ2) is 3.10. The molecule has 0 N–H and O–H groups in total. The Balaban J connectivity index is 3.02. The minimum atomic E-state index is -3.16. The van der Waals surface area contributed by atoms with Crippen LogP contribution in [0.15, 0.2) is 24.5 Å². The first-order valence-electron chi connectivity index (χ1n) is 3.36. The van der Waals surface area contributed by atoms with Crippen molar-refractivity contribution in [1.82, 2.24) is 4.98 Å². The molecule has 0 fully saturated rings. The number of sulfonamides is 1. The third kappa shape index (κ3) is 1.94. The first-order valence-corrected chi connectivity index (χ1v) is 5.20. The molecule has 1 aromatic heterocycles. The zero-order valence-corrected chi connectivity index (χ0v) is 7.75. The van der Waals surface area contributed by atoms with Gasteiger partial charge in [0.25, 0.3) is 0 Å². The molecule has 0 bridgehead atoms. The number of hydrogen-bond donors (Lipinski definition) is 0. The van der Waals surface area contributed by atoms with Gasteiger partial charge in [-0.25, -0.2) is 8.42 Å². The van der Waals surface area contributed by atoms with E-state index in [0.717, 1.165) is 6.26 Å². The van der Waals surface area contributed by atoms with Crippen LogP contribution in [0.3, 0.4) is 0 Å². The van der Waals surface area contributed by atoms with Crippen LogP contribution in [0.2, 0.25) is 0 Å². The Morgan fingerprint density at radius 1 is 1.50 bits per heavy atom. The van der Waals surface area contributed by atoms with Crippen molar-refractivity contribution in [3.8, 4) is 0 Å². The SMILES string of the molecule is CN(c1cccnc1)S(C)(=O)=O. The van der Waals surface area contributed by atoms with Crippen LogP contribution in [-0.2, 0) is 10.0 Å². The van der Waals surface area contributed by atoms with E-state index in [1.807, 2.05) is 0 Å². The van der Waals surface area contributed by atoms with E-state index in [1.165, 1.54) is 17.5 Å². The lowest BCUT2D eigenvalue weighted by Gasteiger charge is -2.15. The Hall–Kier alpha value is -1.10. The van der Waals surface area contributed by atoms with Gasteiger partial charge in [-0.15, -0.1) is 0 Å². The van der Waals surface area contributed by atoms with E-state index in [2.05, 4.69) is 4.98 Å². The van der Waals surface area contributed by atoms with Crippen LogP contribution in [0.25, 0.3) is 0 Å². The standard InChI is InChI=1S/C7H10N2O2S/c1-9(12(2,10)11)7-4-3-5-8-6-7/h3-6H,1-2H3. The van der Waals surface area contributed by atoms with Crippen LogP contribution in [0.4, 0.5) is 5.69 Å². The van der Waals surface area contributed by atoms with Gasteiger partial charge in [-0.3, -0.25) is 9.29 Å². The average Bonchev–Trinajstić information content (AvgIpc) is 2.03. The largest absolute Gasteiger partial charge is 0.272 e. The van der Waals surface area contributed by atoms with Crippen molar-refractivity contribution in [3.63, 3.8) is 0 Å². The fourth-order valence-electron chi connectivity index (χ4n) is 0.731. The maximum Gasteiger partial charge on any atom is 0.232 e. The molecular formula is C7H10N2O2S. The third-order valence-corrected chi connectivity index (χ3v) is 2.71. The van der Waals surface area contributed by atoms with Gasteiger partial charge in [-0.1, -0.05) is 0 Å². The molecule has 0 saturated heterocycles. The molecule has 0 aliphatic heterocycles. The van der Waals surface area contributed by atoms with Gasteiger partial charge in [0.2, 0.25) is 10.0 Å². The van der Waals surface area contributed by atoms with E-state index in [4.69, 9.17) is 0 Å². The predicted molar refractivity (Wildman–Crippen MR) is 47.5 cm³/mol. The van der Waals surface area contributed by atoms with Crippen LogP contribution in [0.5, 0.6) is 0 Å². The highest BCUT2D eigenvalue weighted by Gasteiger charge is 2.10. The van der Waals surface area contributed by atoms with Crippen molar-refractivity contribution >= 4 is 15.7 Å². The molecule has 0 aliphatic carbocycles. The molecule has 0 atom stereocenters. The molecule has 0 spiro atoms. The monoisotopic (exact) mass is 186 g/mol. The lowest BCUT2D eigenvalue weighted by atomic mass is 10.4. The Bertz CT molecular complexity index is 347. The van der Waals surface area contributed by atoms with Gasteiger partial charge in [0.1, 0.15) is 0 Å². The Kier molecular flexibility index (Phi) is 2.32. The van der Waals surface area contributed by atoms with E-state index in [9.17, 15) is 8.42 Å². The summed E-state index contributed by atoms with van der Waals surface area (Å²) in [5, 5.41) is 0. The van der Waals surface area contributed by atoms with Crippen LogP contribution in [-0.4, -0.2) is 26.7 Å². The molecule has 0 aliphatic rings. The second-order valence-corrected chi connectivity index (χ2v) is 4.46. The van der Waals surface area contributed by atoms with Crippen molar-refractivity contribution in [1.29, 1.82) is 0 Å². The van der Waals surface area contributed by atoms with Gasteiger partial charge in [-0.2, -0.15) is 0 Å². The summed E-state index contributed by atoms with van der Waals surface area (Å²) in [7, 11) is -1.67. The Morgan fingerprint density at radius 2 is 2.17 bits per heavy atom. The predicted octanol–water partition coefficient (Wildman–Crippen LogP) is 0.477. The normalized spacial score (nSPS) is 11.2. The van der Waals surface area contributed by atoms with Crippen molar-refractivity contribution in [3.05, 3.63) is 24.5 Å². The number of rotatable bonds is 2. The molecule has 1 rings (SSSR count). The summed E-state index contributed by atoms with van der Waals surface area (Å²) < 4.78 is 23.2. The highest BCUT2D eigenvalue weighted by Crippen LogP contribution is 2.11. The number of anilines is 1. The quantitative estimate of drug-likeness (QED) is 0.675. The molecule has 5 heteroatoms. The molecule has 12 heavy (non-hydrogen) atoms. The van der Waals surface area contributed by atoms with E-state index in [1.54, 1.807) is 18.3 Å². The summed E-state index contributed by atoms with van der Waals surface area (Å²) in [5.41, 5.74) is 0.569. The summed E-state index contributed by atoms with van der Waals surface area (Å²) in [6.45, 7) is 0. The van der Waals surface area contributed by atoms with Gasteiger partial charge in [0, 0.05) is 13.2 Å². The number of nitrogens with zero attached hydrogens (tertiary/aromatic N) is 2. The van der Waals surface area contributed by atoms with Crippen LogP contribution in [0.1, 0.15) is 0 Å². The van der Waals surface area contributed by atoms with Gasteiger partial charge in [0.05, 0.1) is 18.1 Å². The minimum absolute atomic E-state index is 0.569. The average molecular weight is 186 g/mol. The van der Waals surface area contributed by atoms with Gasteiger partial charge < -0.3 is 0 Å². The van der Waals surface area contributed by atoms with E-state index in [-0.39, 0.29) is 0 Å². The first-order chi connectivity index (χ1) is 5.52. The van der Waals surface area contributed by atoms with Crippen LogP contribution in [0, 0.1) is 0 Å². The smallest absolute Gasteiger partial charge is 0.232 e. The molecular weight excluding hydrogens is 176 g/mol. The van der Waals surface area contributed by atoms with Crippen molar-refractivity contribution in [2.24, 2.45) is 0 Å². The maximum absolute atomic E-state index is 11.0. The Morgan fingerprint density at radius 3 is 2.58 bits per heavy atom. The molecule has 66 valence electrons. The maximum atomic E-state index is 11.0. The summed E-state index contributed by atoms with van der Waals surface area (Å²) in [5.74, 6) is 0. The van der Waals surface area contributed by atoms with E-state index in [0.29, 0.717) is 5.69 Å². The summed E-state index contributed by atoms with van der Waals surface area (Å²) in [6.07, 6.45) is 4.25. The molecule has 0 saturated carbocycles. The molecule has 0 aromatic carbocycles. The fraction of sp³-hybridized carbons (Fsp3) is 0.286. The van der Waals surface area contributed by atoms with Crippen molar-refractivity contribution < 1.29 is 8.42 Å². The van der Waals surface area contributed by atoms with Crippen LogP contribution >= 0.6 is 0 Å². The second-order valence-electron chi connectivity index (χ2n) is 2.44. The lowest BCUT2D eigenvalue weighted by Crippen LogP contribution is -2.24. The van der Waals surface area contributed by atoms with E-state index < -0.39 is 10.0 Å². The number of pyridine rings is 1. The third-order valence-electron chi connectivity index (χ3n) is 1.51. The van der Waals surface area contributed by atoms with Crippen LogP contribution < -0.4 is 4.31 Å². The zero-order chi connectivity index (χ0) is 9.19. The zero-order valence-electron chi connectivity index (χ0n) is 6.93. The summed E-state index contributed by atoms with van der Waals surface area (Å²) in [6, 6.07) is 3.38. The molecule has 1 heterocycles. The van der Waals surface area contributed by atoms with Gasteiger partial charge in [0.15, 0.2) is 0 Å². The molecule has 4 nitrogen and oxygen atoms in total. The van der Waals surface area contributed by atoms with Gasteiger partial charge >= 0.3 is 0 Å². The molecule has 0 radical (unpaired) electrons. The van der Waals surface area contributed by atoms with E-state index >= 15 is 0 Å². The topological polar surface area (TPSA) is 50.3 Å². The molecule has 1 aromatic rings. The number of hydrogen-bond acceptors (Lipinski definition) is 3. The number of aromatic nitrogens is 1.